The number of nitrogens with one attached hydrogen (secondary N) is 1. The first-order valence-electron chi connectivity index (χ1n) is 7.10. The number of hydrogen-bond acceptors (Lipinski definition) is 3. The number of ketones is 1. The number of fused-ring (bicyclic) bond motifs is 1. The Balaban J connectivity index is 1.68. The van der Waals surface area contributed by atoms with Gasteiger partial charge in [0.1, 0.15) is 5.76 Å². The Hall–Kier alpha value is -2.79. The number of carbonyl (C=O) groups excluding carboxylic acids is 1. The maximum atomic E-state index is 12.2. The molecule has 0 bridgehead atoms. The first-order chi connectivity index (χ1) is 11.2. The number of rotatable bonds is 3. The number of allylic oxidation sites excluding steroid dienone is 1. The Kier molecular flexibility index (Phi) is 4.30. The van der Waals surface area contributed by atoms with E-state index in [0.29, 0.717) is 17.7 Å². The fourth-order valence-electron chi connectivity index (χ4n) is 2.35. The molecule has 0 fully saturated rings. The summed E-state index contributed by atoms with van der Waals surface area (Å²) < 4.78 is 0. The zero-order valence-corrected chi connectivity index (χ0v) is 13.0. The number of benzene rings is 2. The van der Waals surface area contributed by atoms with E-state index in [-0.39, 0.29) is 22.2 Å². The molecular weight excluding hydrogens is 308 g/mol. The lowest BCUT2D eigenvalue weighted by Crippen LogP contribution is -2.19. The van der Waals surface area contributed by atoms with Crippen LogP contribution in [-0.2, 0) is 6.54 Å². The summed E-state index contributed by atoms with van der Waals surface area (Å²) in [6.45, 7) is 0.552. The predicted molar refractivity (Wildman–Crippen MR) is 94.7 cm³/mol. The minimum absolute atomic E-state index is 0.0554. The van der Waals surface area contributed by atoms with Crippen LogP contribution in [0.5, 0.6) is 0 Å². The number of thiocarbonyl (C=S) groups is 1. The Bertz CT molecular complexity index is 826. The summed E-state index contributed by atoms with van der Waals surface area (Å²) in [5.74, 6) is -0.298. The van der Waals surface area contributed by atoms with Crippen LogP contribution in [0.3, 0.4) is 0 Å². The number of aliphatic hydroxyl groups excluding tert-OH is 1. The number of carbonyl (C=O) groups is 1. The summed E-state index contributed by atoms with van der Waals surface area (Å²) in [6, 6.07) is 16.7. The van der Waals surface area contributed by atoms with Gasteiger partial charge in [0.2, 0.25) is 0 Å². The number of aliphatic hydroxyl groups is 1. The van der Waals surface area contributed by atoms with Crippen LogP contribution in [0.15, 0.2) is 65.2 Å². The van der Waals surface area contributed by atoms with Crippen molar-refractivity contribution in [2.24, 2.45) is 4.99 Å². The highest BCUT2D eigenvalue weighted by Crippen LogP contribution is 2.29. The molecule has 0 radical (unpaired) electrons. The second kappa shape index (κ2) is 6.54. The monoisotopic (exact) mass is 322 g/mol. The number of Topliss-reactive ketones (excluding diaryl/α,β-unsaturated/α-hetero) is 1. The van der Waals surface area contributed by atoms with E-state index in [1.165, 1.54) is 6.21 Å². The van der Waals surface area contributed by atoms with E-state index >= 15 is 0 Å². The van der Waals surface area contributed by atoms with E-state index in [0.717, 1.165) is 5.56 Å². The zero-order chi connectivity index (χ0) is 16.2. The smallest absolute Gasteiger partial charge is 0.199 e. The standard InChI is InChI=1S/C18H14N2O2S/c21-16-13-8-4-5-9-14(13)17(22)15(16)11-20-18(23)19-10-12-6-2-1-3-7-12/h1-9,11,21H,10H2,(H,19,23)/b20-11+. The van der Waals surface area contributed by atoms with Gasteiger partial charge in [0, 0.05) is 23.9 Å². The van der Waals surface area contributed by atoms with Gasteiger partial charge in [-0.25, -0.2) is 4.99 Å². The quantitative estimate of drug-likeness (QED) is 0.672. The van der Waals surface area contributed by atoms with Crippen LogP contribution in [0.2, 0.25) is 0 Å². The molecule has 3 rings (SSSR count). The number of hydrogen-bond donors (Lipinski definition) is 2. The molecule has 0 unspecified atom stereocenters. The molecule has 0 saturated heterocycles. The normalized spacial score (nSPS) is 13.5. The van der Waals surface area contributed by atoms with Gasteiger partial charge in [-0.05, 0) is 17.8 Å². The predicted octanol–water partition coefficient (Wildman–Crippen LogP) is 3.30. The molecule has 114 valence electrons. The molecule has 0 atom stereocenters. The van der Waals surface area contributed by atoms with Crippen molar-refractivity contribution in [3.8, 4) is 0 Å². The van der Waals surface area contributed by atoms with Gasteiger partial charge in [-0.15, -0.1) is 0 Å². The van der Waals surface area contributed by atoms with Crippen molar-refractivity contribution in [3.63, 3.8) is 0 Å². The van der Waals surface area contributed by atoms with Gasteiger partial charge in [-0.2, -0.15) is 0 Å². The highest BCUT2D eigenvalue weighted by atomic mass is 32.1. The molecule has 4 nitrogen and oxygen atoms in total. The van der Waals surface area contributed by atoms with Gasteiger partial charge in [0.05, 0.1) is 5.57 Å². The first-order valence-corrected chi connectivity index (χ1v) is 7.51. The average Bonchev–Trinajstić information content (AvgIpc) is 2.83. The fraction of sp³-hybridized carbons (Fsp3) is 0.0556. The molecular formula is C18H14N2O2S. The van der Waals surface area contributed by atoms with Gasteiger partial charge in [-0.1, -0.05) is 54.6 Å². The van der Waals surface area contributed by atoms with E-state index in [1.54, 1.807) is 24.3 Å². The molecule has 0 heterocycles. The first kappa shape index (κ1) is 15.1. The molecule has 0 saturated carbocycles. The molecule has 2 aromatic rings. The third-order valence-electron chi connectivity index (χ3n) is 3.52. The molecule has 1 aliphatic carbocycles. The third kappa shape index (κ3) is 3.19. The second-order valence-electron chi connectivity index (χ2n) is 5.04. The maximum absolute atomic E-state index is 12.2. The van der Waals surface area contributed by atoms with Crippen LogP contribution in [0.1, 0.15) is 21.5 Å². The number of nitrogens with zero attached hydrogens (tertiary/aromatic N) is 1. The lowest BCUT2D eigenvalue weighted by atomic mass is 10.1. The highest BCUT2D eigenvalue weighted by molar-refractivity contribution is 7.80. The Morgan fingerprint density at radius 3 is 2.43 bits per heavy atom. The Morgan fingerprint density at radius 1 is 1.09 bits per heavy atom. The summed E-state index contributed by atoms with van der Waals surface area (Å²) in [6.07, 6.45) is 1.32. The minimum atomic E-state index is -0.243. The van der Waals surface area contributed by atoms with Crippen molar-refractivity contribution >= 4 is 35.1 Å². The highest BCUT2D eigenvalue weighted by Gasteiger charge is 2.27. The van der Waals surface area contributed by atoms with Crippen LogP contribution in [0.4, 0.5) is 0 Å². The van der Waals surface area contributed by atoms with Crippen LogP contribution in [0, 0.1) is 0 Å². The molecule has 1 aliphatic rings. The summed E-state index contributed by atoms with van der Waals surface area (Å²) in [5.41, 5.74) is 2.25. The largest absolute Gasteiger partial charge is 0.506 e. The van der Waals surface area contributed by atoms with Crippen molar-refractivity contribution in [1.29, 1.82) is 0 Å². The maximum Gasteiger partial charge on any atom is 0.199 e. The van der Waals surface area contributed by atoms with E-state index in [9.17, 15) is 9.90 Å². The average molecular weight is 322 g/mol. The summed E-state index contributed by atoms with van der Waals surface area (Å²) >= 11 is 5.13. The third-order valence-corrected chi connectivity index (χ3v) is 3.77. The van der Waals surface area contributed by atoms with Crippen LogP contribution in [0.25, 0.3) is 5.76 Å². The summed E-state index contributed by atoms with van der Waals surface area (Å²) in [4.78, 5) is 16.3. The van der Waals surface area contributed by atoms with Crippen molar-refractivity contribution in [3.05, 3.63) is 76.9 Å². The Morgan fingerprint density at radius 2 is 1.74 bits per heavy atom. The fourth-order valence-corrected chi connectivity index (χ4v) is 2.47. The van der Waals surface area contributed by atoms with E-state index < -0.39 is 0 Å². The summed E-state index contributed by atoms with van der Waals surface area (Å²) in [7, 11) is 0. The van der Waals surface area contributed by atoms with Crippen LogP contribution >= 0.6 is 12.2 Å². The molecule has 5 heteroatoms. The minimum Gasteiger partial charge on any atom is -0.506 e. The second-order valence-corrected chi connectivity index (χ2v) is 5.43. The van der Waals surface area contributed by atoms with Crippen molar-refractivity contribution in [2.45, 2.75) is 6.54 Å². The van der Waals surface area contributed by atoms with Gasteiger partial charge in [0.25, 0.3) is 0 Å². The molecule has 2 N–H and O–H groups in total. The zero-order valence-electron chi connectivity index (χ0n) is 12.2. The van der Waals surface area contributed by atoms with Crippen molar-refractivity contribution in [2.75, 3.05) is 0 Å². The van der Waals surface area contributed by atoms with Gasteiger partial charge >= 0.3 is 0 Å². The molecule has 23 heavy (non-hydrogen) atoms. The van der Waals surface area contributed by atoms with E-state index in [2.05, 4.69) is 10.3 Å². The SMILES string of the molecule is O=C1C(/C=N/C(=S)NCc2ccccc2)=C(O)c2ccccc21. The molecule has 0 aliphatic heterocycles. The van der Waals surface area contributed by atoms with Crippen molar-refractivity contribution < 1.29 is 9.90 Å². The van der Waals surface area contributed by atoms with Gasteiger partial charge < -0.3 is 10.4 Å². The Labute approximate surface area is 139 Å². The molecule has 0 spiro atoms. The molecule has 0 amide bonds. The summed E-state index contributed by atoms with van der Waals surface area (Å²) in [5, 5.41) is 13.4. The van der Waals surface area contributed by atoms with Gasteiger partial charge in [0.15, 0.2) is 10.9 Å². The molecule has 2 aromatic carbocycles. The van der Waals surface area contributed by atoms with Crippen LogP contribution in [-0.4, -0.2) is 22.2 Å². The van der Waals surface area contributed by atoms with Crippen molar-refractivity contribution in [1.82, 2.24) is 5.32 Å². The van der Waals surface area contributed by atoms with Gasteiger partial charge in [-0.3, -0.25) is 4.79 Å². The topological polar surface area (TPSA) is 61.7 Å². The number of aliphatic imine (C=N–C) groups is 1. The lowest BCUT2D eigenvalue weighted by Gasteiger charge is -2.03. The van der Waals surface area contributed by atoms with Crippen LogP contribution < -0.4 is 5.32 Å². The van der Waals surface area contributed by atoms with E-state index in [4.69, 9.17) is 12.2 Å². The van der Waals surface area contributed by atoms with E-state index in [1.807, 2.05) is 30.3 Å². The lowest BCUT2D eigenvalue weighted by molar-refractivity contribution is 0.104. The molecule has 0 aromatic heterocycles.